The Kier molecular flexibility index (Phi) is 9.85. The predicted molar refractivity (Wildman–Crippen MR) is 70.7 cm³/mol. The van der Waals surface area contributed by atoms with E-state index in [9.17, 15) is 4.79 Å². The fourth-order valence-electron chi connectivity index (χ4n) is 0.577. The number of aliphatic hydroxyl groups excluding tert-OH is 2. The number of hydrogen-bond donors (Lipinski definition) is 5. The van der Waals surface area contributed by atoms with Crippen molar-refractivity contribution in [3.05, 3.63) is 0 Å². The van der Waals surface area contributed by atoms with Crippen molar-refractivity contribution in [2.24, 2.45) is 17.2 Å². The van der Waals surface area contributed by atoms with Gasteiger partial charge in [-0.2, -0.15) is 0 Å². The smallest absolute Gasteiger partial charge is 0.209 e. The lowest BCUT2D eigenvalue weighted by Crippen LogP contribution is -2.33. The maximum absolute atomic E-state index is 11.4. The fraction of sp³-hybridized carbons (Fsp3) is 0.857. The number of nitrogens with two attached hydrogens (primary N) is 3. The van der Waals surface area contributed by atoms with Crippen LogP contribution >= 0.6 is 33.3 Å². The van der Waals surface area contributed by atoms with Crippen molar-refractivity contribution in [1.29, 1.82) is 0 Å². The van der Waals surface area contributed by atoms with Crippen molar-refractivity contribution in [3.8, 4) is 0 Å². The Hall–Kier alpha value is 0.520. The molecule has 0 aromatic rings. The van der Waals surface area contributed by atoms with Crippen LogP contribution in [0.4, 0.5) is 0 Å². The van der Waals surface area contributed by atoms with Crippen molar-refractivity contribution >= 4 is 38.5 Å². The van der Waals surface area contributed by atoms with Crippen LogP contribution in [-0.4, -0.2) is 51.1 Å². The summed E-state index contributed by atoms with van der Waals surface area (Å²) in [5.74, 6) is 0.782. The Morgan fingerprint density at radius 1 is 1.19 bits per heavy atom. The van der Waals surface area contributed by atoms with Crippen LogP contribution < -0.4 is 17.2 Å². The maximum Gasteiger partial charge on any atom is 0.209 e. The average Bonchev–Trinajstić information content (AvgIpc) is 2.23. The predicted octanol–water partition coefficient (Wildman–Crippen LogP) is -1.49. The highest BCUT2D eigenvalue weighted by Gasteiger charge is 2.17. The standard InChI is InChI=1S/C7H17N3O3S3/c8-1-6(12)16-7(13)4(9)2-14-15-3-5(10)11/h4-6,11-12H,1-3,8-10H2. The quantitative estimate of drug-likeness (QED) is 0.205. The largest absolute Gasteiger partial charge is 0.381 e. The minimum absolute atomic E-state index is 0.0182. The molecule has 0 bridgehead atoms. The van der Waals surface area contributed by atoms with E-state index in [-0.39, 0.29) is 11.7 Å². The third-order valence-corrected chi connectivity index (χ3v) is 4.78. The van der Waals surface area contributed by atoms with Gasteiger partial charge in [-0.25, -0.2) is 0 Å². The topological polar surface area (TPSA) is 136 Å². The van der Waals surface area contributed by atoms with Crippen molar-refractivity contribution < 1.29 is 15.0 Å². The van der Waals surface area contributed by atoms with E-state index in [0.29, 0.717) is 11.5 Å². The van der Waals surface area contributed by atoms with Crippen LogP contribution in [0.5, 0.6) is 0 Å². The summed E-state index contributed by atoms with van der Waals surface area (Å²) in [6.45, 7) is 0.0182. The van der Waals surface area contributed by atoms with Crippen LogP contribution in [-0.2, 0) is 4.79 Å². The Labute approximate surface area is 106 Å². The van der Waals surface area contributed by atoms with Crippen molar-refractivity contribution in [2.45, 2.75) is 17.7 Å². The number of carbonyl (C=O) groups is 1. The number of aliphatic hydroxyl groups is 2. The number of rotatable bonds is 8. The minimum atomic E-state index is -0.901. The van der Waals surface area contributed by atoms with Crippen molar-refractivity contribution in [3.63, 3.8) is 0 Å². The van der Waals surface area contributed by atoms with E-state index in [2.05, 4.69) is 0 Å². The number of thioether (sulfide) groups is 1. The zero-order valence-corrected chi connectivity index (χ0v) is 11.1. The van der Waals surface area contributed by atoms with Gasteiger partial charge < -0.3 is 27.4 Å². The Morgan fingerprint density at radius 3 is 2.25 bits per heavy atom. The first kappa shape index (κ1) is 16.5. The molecule has 16 heavy (non-hydrogen) atoms. The second kappa shape index (κ2) is 9.54. The van der Waals surface area contributed by atoms with Gasteiger partial charge in [-0.15, -0.1) is 0 Å². The molecule has 9 heteroatoms. The van der Waals surface area contributed by atoms with Gasteiger partial charge in [0, 0.05) is 18.1 Å². The SMILES string of the molecule is NCC(O)SC(=O)C(N)CSSCC(N)O. The lowest BCUT2D eigenvalue weighted by molar-refractivity contribution is -0.111. The van der Waals surface area contributed by atoms with Gasteiger partial charge in [0.15, 0.2) is 0 Å². The molecule has 0 heterocycles. The summed E-state index contributed by atoms with van der Waals surface area (Å²) in [6.07, 6.45) is -0.863. The van der Waals surface area contributed by atoms with E-state index in [1.165, 1.54) is 21.6 Å². The van der Waals surface area contributed by atoms with Gasteiger partial charge in [-0.3, -0.25) is 4.79 Å². The summed E-state index contributed by atoms with van der Waals surface area (Å²) < 4.78 is 0. The Morgan fingerprint density at radius 2 is 1.75 bits per heavy atom. The summed E-state index contributed by atoms with van der Waals surface area (Å²) in [4.78, 5) is 11.4. The Bertz CT molecular complexity index is 209. The van der Waals surface area contributed by atoms with Gasteiger partial charge >= 0.3 is 0 Å². The van der Waals surface area contributed by atoms with Crippen LogP contribution in [0.15, 0.2) is 0 Å². The highest BCUT2D eigenvalue weighted by atomic mass is 33.1. The van der Waals surface area contributed by atoms with Gasteiger partial charge in [0.05, 0.1) is 6.04 Å². The zero-order valence-electron chi connectivity index (χ0n) is 8.61. The molecule has 6 nitrogen and oxygen atoms in total. The molecule has 0 aliphatic carbocycles. The van der Waals surface area contributed by atoms with E-state index in [0.717, 1.165) is 11.8 Å². The van der Waals surface area contributed by atoms with Gasteiger partial charge in [0.25, 0.3) is 0 Å². The van der Waals surface area contributed by atoms with Crippen LogP contribution in [0.25, 0.3) is 0 Å². The molecule has 0 aromatic carbocycles. The molecule has 0 saturated carbocycles. The first-order valence-corrected chi connectivity index (χ1v) is 7.86. The normalized spacial score (nSPS) is 16.8. The van der Waals surface area contributed by atoms with Gasteiger partial charge in [0.1, 0.15) is 11.7 Å². The first-order chi connectivity index (χ1) is 7.47. The number of hydrogen-bond acceptors (Lipinski definition) is 9. The summed E-state index contributed by atoms with van der Waals surface area (Å²) in [5.41, 5.74) is 15.0. The fourth-order valence-corrected chi connectivity index (χ4v) is 3.37. The summed E-state index contributed by atoms with van der Waals surface area (Å²) in [5, 5.41) is 17.6. The van der Waals surface area contributed by atoms with E-state index in [1.807, 2.05) is 0 Å². The molecule has 3 unspecified atom stereocenters. The first-order valence-electron chi connectivity index (χ1n) is 4.49. The van der Waals surface area contributed by atoms with Gasteiger partial charge in [-0.1, -0.05) is 33.3 Å². The highest BCUT2D eigenvalue weighted by Crippen LogP contribution is 2.23. The molecule has 0 rings (SSSR count). The van der Waals surface area contributed by atoms with Crippen molar-refractivity contribution in [1.82, 2.24) is 0 Å². The van der Waals surface area contributed by atoms with Gasteiger partial charge in [0.2, 0.25) is 5.12 Å². The highest BCUT2D eigenvalue weighted by molar-refractivity contribution is 8.76. The average molecular weight is 287 g/mol. The maximum atomic E-state index is 11.4. The van der Waals surface area contributed by atoms with E-state index in [1.54, 1.807) is 0 Å². The molecule has 96 valence electrons. The molecular weight excluding hydrogens is 270 g/mol. The molecule has 0 aliphatic heterocycles. The second-order valence-electron chi connectivity index (χ2n) is 2.87. The summed E-state index contributed by atoms with van der Waals surface area (Å²) in [7, 11) is 2.70. The molecule has 0 aromatic heterocycles. The zero-order chi connectivity index (χ0) is 12.6. The molecule has 0 radical (unpaired) electrons. The lowest BCUT2D eigenvalue weighted by atomic mass is 10.4. The third-order valence-electron chi connectivity index (χ3n) is 1.33. The molecule has 0 saturated heterocycles. The van der Waals surface area contributed by atoms with Crippen LogP contribution in [0.3, 0.4) is 0 Å². The molecule has 0 fully saturated rings. The van der Waals surface area contributed by atoms with Crippen molar-refractivity contribution in [2.75, 3.05) is 18.1 Å². The van der Waals surface area contributed by atoms with E-state index in [4.69, 9.17) is 27.4 Å². The molecule has 3 atom stereocenters. The lowest BCUT2D eigenvalue weighted by Gasteiger charge is -2.11. The summed E-state index contributed by atoms with van der Waals surface area (Å²) >= 11 is 0.742. The van der Waals surface area contributed by atoms with Gasteiger partial charge in [-0.05, 0) is 0 Å². The minimum Gasteiger partial charge on any atom is -0.381 e. The van der Waals surface area contributed by atoms with Crippen LogP contribution in [0.1, 0.15) is 0 Å². The van der Waals surface area contributed by atoms with Crippen LogP contribution in [0.2, 0.25) is 0 Å². The number of carbonyl (C=O) groups excluding carboxylic acids is 1. The second-order valence-corrected chi connectivity index (χ2v) is 6.60. The molecule has 0 aliphatic rings. The Balaban J connectivity index is 3.63. The third kappa shape index (κ3) is 8.65. The molecule has 0 spiro atoms. The molecular formula is C7H17N3O3S3. The molecule has 8 N–H and O–H groups in total. The van der Waals surface area contributed by atoms with E-state index >= 15 is 0 Å². The monoisotopic (exact) mass is 287 g/mol. The van der Waals surface area contributed by atoms with E-state index < -0.39 is 17.7 Å². The van der Waals surface area contributed by atoms with Crippen LogP contribution in [0, 0.1) is 0 Å². The molecule has 0 amide bonds. The summed E-state index contributed by atoms with van der Waals surface area (Å²) in [6, 6.07) is -0.654.